The van der Waals surface area contributed by atoms with Crippen molar-refractivity contribution in [1.29, 1.82) is 0 Å². The zero-order chi connectivity index (χ0) is 13.8. The largest absolute Gasteiger partial charge is 0.350 e. The Kier molecular flexibility index (Phi) is 3.84. The van der Waals surface area contributed by atoms with Crippen molar-refractivity contribution in [2.24, 2.45) is 0 Å². The molecule has 5 nitrogen and oxygen atoms in total. The number of amides is 1. The van der Waals surface area contributed by atoms with Gasteiger partial charge in [-0.25, -0.2) is 18.4 Å². The molecule has 100 valence electrons. The summed E-state index contributed by atoms with van der Waals surface area (Å²) in [6.07, 6.45) is 2.75. The molecular formula is C12H12F2N4O. The molecule has 0 aliphatic carbocycles. The molecule has 19 heavy (non-hydrogen) atoms. The molecule has 0 aliphatic heterocycles. The molecule has 0 radical (unpaired) electrons. The minimum atomic E-state index is -0.673. The number of nitrogens with one attached hydrogen (secondary N) is 1. The van der Waals surface area contributed by atoms with Gasteiger partial charge < -0.3 is 5.32 Å². The average Bonchev–Trinajstić information content (AvgIpc) is 2.87. The highest BCUT2D eigenvalue weighted by molar-refractivity contribution is 5.79. The van der Waals surface area contributed by atoms with Crippen LogP contribution in [0.5, 0.6) is 0 Å². The lowest BCUT2D eigenvalue weighted by Gasteiger charge is -2.12. The van der Waals surface area contributed by atoms with E-state index in [1.807, 2.05) is 0 Å². The minimum absolute atomic E-state index is 0.0482. The van der Waals surface area contributed by atoms with Crippen LogP contribution in [0, 0.1) is 11.6 Å². The quantitative estimate of drug-likeness (QED) is 0.910. The number of hydrogen-bond acceptors (Lipinski definition) is 3. The van der Waals surface area contributed by atoms with Gasteiger partial charge in [-0.05, 0) is 24.6 Å². The number of carbonyl (C=O) groups is 1. The SMILES string of the molecule is C[C@H](C(=O)NCc1cc(F)cc(F)c1)n1cncn1. The third-order valence-corrected chi connectivity index (χ3v) is 2.60. The van der Waals surface area contributed by atoms with Crippen molar-refractivity contribution in [2.75, 3.05) is 0 Å². The Morgan fingerprint density at radius 1 is 1.37 bits per heavy atom. The summed E-state index contributed by atoms with van der Waals surface area (Å²) >= 11 is 0. The first-order valence-corrected chi connectivity index (χ1v) is 5.63. The molecule has 1 aromatic heterocycles. The van der Waals surface area contributed by atoms with Crippen molar-refractivity contribution < 1.29 is 13.6 Å². The first-order valence-electron chi connectivity index (χ1n) is 5.63. The summed E-state index contributed by atoms with van der Waals surface area (Å²) in [4.78, 5) is 15.5. The molecule has 1 aromatic carbocycles. The molecule has 2 aromatic rings. The number of benzene rings is 1. The fourth-order valence-corrected chi connectivity index (χ4v) is 1.59. The molecule has 0 unspecified atom stereocenters. The maximum absolute atomic E-state index is 13.0. The number of halogens is 2. The van der Waals surface area contributed by atoms with Gasteiger partial charge in [0.25, 0.3) is 0 Å². The van der Waals surface area contributed by atoms with Gasteiger partial charge >= 0.3 is 0 Å². The first-order chi connectivity index (χ1) is 9.06. The van der Waals surface area contributed by atoms with Crippen molar-refractivity contribution in [3.05, 3.63) is 48.1 Å². The molecule has 0 spiro atoms. The number of hydrogen-bond donors (Lipinski definition) is 1. The third kappa shape index (κ3) is 3.34. The highest BCUT2D eigenvalue weighted by Crippen LogP contribution is 2.08. The minimum Gasteiger partial charge on any atom is -0.350 e. The number of rotatable bonds is 4. The number of aromatic nitrogens is 3. The van der Waals surface area contributed by atoms with Gasteiger partial charge in [-0.2, -0.15) is 5.10 Å². The first kappa shape index (κ1) is 13.1. The fraction of sp³-hybridized carbons (Fsp3) is 0.250. The predicted octanol–water partition coefficient (Wildman–Crippen LogP) is 1.43. The summed E-state index contributed by atoms with van der Waals surface area (Å²) < 4.78 is 27.3. The van der Waals surface area contributed by atoms with Crippen LogP contribution in [0.15, 0.2) is 30.9 Å². The smallest absolute Gasteiger partial charge is 0.244 e. The number of carbonyl (C=O) groups excluding carboxylic acids is 1. The van der Waals surface area contributed by atoms with E-state index in [1.54, 1.807) is 6.92 Å². The van der Waals surface area contributed by atoms with Crippen LogP contribution in [-0.2, 0) is 11.3 Å². The summed E-state index contributed by atoms with van der Waals surface area (Å²) in [7, 11) is 0. The second-order valence-corrected chi connectivity index (χ2v) is 4.05. The summed E-state index contributed by atoms with van der Waals surface area (Å²) in [6, 6.07) is 2.58. The van der Waals surface area contributed by atoms with Gasteiger partial charge in [0, 0.05) is 12.6 Å². The molecule has 7 heteroatoms. The van der Waals surface area contributed by atoms with E-state index in [0.717, 1.165) is 6.07 Å². The maximum atomic E-state index is 13.0. The monoisotopic (exact) mass is 266 g/mol. The molecule has 0 saturated heterocycles. The Labute approximate surface area is 108 Å². The third-order valence-electron chi connectivity index (χ3n) is 2.60. The van der Waals surface area contributed by atoms with Crippen molar-refractivity contribution in [2.45, 2.75) is 19.5 Å². The molecule has 1 atom stereocenters. The van der Waals surface area contributed by atoms with E-state index in [-0.39, 0.29) is 12.5 Å². The molecule has 0 aliphatic rings. The Morgan fingerprint density at radius 3 is 2.63 bits per heavy atom. The molecule has 0 saturated carbocycles. The van der Waals surface area contributed by atoms with Gasteiger partial charge in [0.2, 0.25) is 5.91 Å². The summed E-state index contributed by atoms with van der Waals surface area (Å²) in [5, 5.41) is 6.43. The van der Waals surface area contributed by atoms with Gasteiger partial charge in [-0.1, -0.05) is 0 Å². The maximum Gasteiger partial charge on any atom is 0.244 e. The van der Waals surface area contributed by atoms with Crippen molar-refractivity contribution in [3.8, 4) is 0 Å². The van der Waals surface area contributed by atoms with Crippen molar-refractivity contribution >= 4 is 5.91 Å². The van der Waals surface area contributed by atoms with Crippen LogP contribution in [0.3, 0.4) is 0 Å². The van der Waals surface area contributed by atoms with E-state index >= 15 is 0 Å². The van der Waals surface area contributed by atoms with E-state index in [0.29, 0.717) is 5.56 Å². The molecule has 1 amide bonds. The topological polar surface area (TPSA) is 59.8 Å². The van der Waals surface area contributed by atoms with Crippen LogP contribution in [0.25, 0.3) is 0 Å². The summed E-state index contributed by atoms with van der Waals surface area (Å²) in [5.41, 5.74) is 0.358. The predicted molar refractivity (Wildman–Crippen MR) is 62.9 cm³/mol. The van der Waals surface area contributed by atoms with Gasteiger partial charge in [-0.15, -0.1) is 0 Å². The lowest BCUT2D eigenvalue weighted by Crippen LogP contribution is -2.30. The van der Waals surface area contributed by atoms with Crippen molar-refractivity contribution in [1.82, 2.24) is 20.1 Å². The van der Waals surface area contributed by atoms with Gasteiger partial charge in [0.05, 0.1) is 0 Å². The lowest BCUT2D eigenvalue weighted by molar-refractivity contribution is -0.124. The molecular weight excluding hydrogens is 254 g/mol. The van der Waals surface area contributed by atoms with Crippen LogP contribution < -0.4 is 5.32 Å². The zero-order valence-electron chi connectivity index (χ0n) is 10.2. The second-order valence-electron chi connectivity index (χ2n) is 4.05. The Balaban J connectivity index is 1.96. The molecule has 1 heterocycles. The lowest BCUT2D eigenvalue weighted by atomic mass is 10.2. The Bertz CT molecular complexity index is 551. The van der Waals surface area contributed by atoms with E-state index in [4.69, 9.17) is 0 Å². The zero-order valence-corrected chi connectivity index (χ0v) is 10.2. The summed E-state index contributed by atoms with van der Waals surface area (Å²) in [6.45, 7) is 1.70. The molecule has 2 rings (SSSR count). The van der Waals surface area contributed by atoms with Gasteiger partial charge in [0.15, 0.2) is 0 Å². The van der Waals surface area contributed by atoms with E-state index < -0.39 is 17.7 Å². The molecule has 0 fully saturated rings. The average molecular weight is 266 g/mol. The highest BCUT2D eigenvalue weighted by atomic mass is 19.1. The molecule has 0 bridgehead atoms. The Hall–Kier alpha value is -2.31. The normalized spacial score (nSPS) is 12.2. The van der Waals surface area contributed by atoms with Crippen LogP contribution >= 0.6 is 0 Å². The fourth-order valence-electron chi connectivity index (χ4n) is 1.59. The summed E-state index contributed by atoms with van der Waals surface area (Å²) in [5.74, 6) is -1.66. The van der Waals surface area contributed by atoms with E-state index in [2.05, 4.69) is 15.4 Å². The second kappa shape index (κ2) is 5.55. The highest BCUT2D eigenvalue weighted by Gasteiger charge is 2.14. The van der Waals surface area contributed by atoms with Crippen LogP contribution in [-0.4, -0.2) is 20.7 Å². The van der Waals surface area contributed by atoms with Crippen molar-refractivity contribution in [3.63, 3.8) is 0 Å². The van der Waals surface area contributed by atoms with Gasteiger partial charge in [-0.3, -0.25) is 4.79 Å². The number of nitrogens with zero attached hydrogens (tertiary/aromatic N) is 3. The standard InChI is InChI=1S/C12H12F2N4O/c1-8(18-7-15-6-17-18)12(19)16-5-9-2-10(13)4-11(14)3-9/h2-4,6-8H,5H2,1H3,(H,16,19)/t8-/m1/s1. The molecule has 1 N–H and O–H groups in total. The van der Waals surface area contributed by atoms with E-state index in [9.17, 15) is 13.6 Å². The van der Waals surface area contributed by atoms with E-state index in [1.165, 1.54) is 29.5 Å². The van der Waals surface area contributed by atoms with Crippen LogP contribution in [0.4, 0.5) is 8.78 Å². The van der Waals surface area contributed by atoms with Crippen LogP contribution in [0.2, 0.25) is 0 Å². The Morgan fingerprint density at radius 2 is 2.05 bits per heavy atom. The van der Waals surface area contributed by atoms with Crippen LogP contribution in [0.1, 0.15) is 18.5 Å². The van der Waals surface area contributed by atoms with Gasteiger partial charge in [0.1, 0.15) is 30.3 Å².